The fourth-order valence-electron chi connectivity index (χ4n) is 1.26. The molecule has 0 saturated carbocycles. The van der Waals surface area contributed by atoms with E-state index in [2.05, 4.69) is 0 Å². The highest BCUT2D eigenvalue weighted by Gasteiger charge is 2.38. The number of ether oxygens (including phenoxy) is 1. The molecule has 0 saturated heterocycles. The summed E-state index contributed by atoms with van der Waals surface area (Å²) in [5.41, 5.74) is -0.126. The largest absolute Gasteiger partial charge is 0.504 e. The number of aromatic hydroxyl groups is 1. The van der Waals surface area contributed by atoms with Crippen molar-refractivity contribution in [3.8, 4) is 11.5 Å². The van der Waals surface area contributed by atoms with E-state index in [1.807, 2.05) is 0 Å². The molecule has 0 fully saturated rings. The molecule has 96 valence electrons. The number of alkyl halides is 3. The van der Waals surface area contributed by atoms with Gasteiger partial charge in [0.2, 0.25) is 0 Å². The zero-order chi connectivity index (χ0) is 13.2. The summed E-state index contributed by atoms with van der Waals surface area (Å²) >= 11 is 5.64. The van der Waals surface area contributed by atoms with Crippen LogP contribution in [0.15, 0.2) is 12.1 Å². The fraction of sp³-hybridized carbons (Fsp3) is 0.400. The minimum atomic E-state index is -4.75. The van der Waals surface area contributed by atoms with Crippen LogP contribution in [0.2, 0.25) is 5.02 Å². The van der Waals surface area contributed by atoms with Crippen LogP contribution in [0.3, 0.4) is 0 Å². The van der Waals surface area contributed by atoms with E-state index in [4.69, 9.17) is 21.4 Å². The molecule has 1 unspecified atom stereocenters. The molecular weight excluding hydrogens is 261 g/mol. The number of methoxy groups -OCH3 is 1. The van der Waals surface area contributed by atoms with Crippen LogP contribution in [-0.4, -0.2) is 29.6 Å². The van der Waals surface area contributed by atoms with Crippen molar-refractivity contribution in [3.05, 3.63) is 22.7 Å². The lowest BCUT2D eigenvalue weighted by atomic mass is 10.1. The number of aliphatic hydroxyl groups excluding tert-OH is 1. The van der Waals surface area contributed by atoms with Crippen molar-refractivity contribution in [2.24, 2.45) is 0 Å². The van der Waals surface area contributed by atoms with E-state index in [0.717, 1.165) is 6.07 Å². The van der Waals surface area contributed by atoms with Crippen molar-refractivity contribution in [2.75, 3.05) is 7.11 Å². The van der Waals surface area contributed by atoms with Crippen molar-refractivity contribution in [3.63, 3.8) is 0 Å². The minimum Gasteiger partial charge on any atom is -0.504 e. The molecular formula is C10H10ClF3O3. The predicted molar refractivity (Wildman–Crippen MR) is 55.4 cm³/mol. The van der Waals surface area contributed by atoms with E-state index < -0.39 is 24.5 Å². The molecule has 0 aromatic heterocycles. The number of phenolic OH excluding ortho intramolecular Hbond substituents is 1. The third-order valence-electron chi connectivity index (χ3n) is 2.13. The van der Waals surface area contributed by atoms with Gasteiger partial charge < -0.3 is 14.9 Å². The number of aliphatic hydroxyl groups is 1. The first-order valence-electron chi connectivity index (χ1n) is 4.56. The second-order valence-corrected chi connectivity index (χ2v) is 3.81. The van der Waals surface area contributed by atoms with Gasteiger partial charge in [0.05, 0.1) is 7.11 Å². The van der Waals surface area contributed by atoms with Crippen LogP contribution < -0.4 is 4.74 Å². The van der Waals surface area contributed by atoms with Gasteiger partial charge in [-0.3, -0.25) is 0 Å². The Bertz CT molecular complexity index is 407. The summed E-state index contributed by atoms with van der Waals surface area (Å²) in [6.07, 6.45) is -8.09. The normalized spacial score (nSPS) is 13.5. The highest BCUT2D eigenvalue weighted by atomic mass is 35.5. The van der Waals surface area contributed by atoms with Gasteiger partial charge in [-0.2, -0.15) is 13.2 Å². The Morgan fingerprint density at radius 3 is 2.47 bits per heavy atom. The highest BCUT2D eigenvalue weighted by Crippen LogP contribution is 2.35. The molecule has 1 aromatic carbocycles. The fourth-order valence-corrected chi connectivity index (χ4v) is 1.49. The average molecular weight is 271 g/mol. The molecule has 0 amide bonds. The average Bonchev–Trinajstić information content (AvgIpc) is 2.21. The molecule has 1 atom stereocenters. The number of rotatable bonds is 3. The molecule has 0 heterocycles. The van der Waals surface area contributed by atoms with E-state index in [0.29, 0.717) is 0 Å². The van der Waals surface area contributed by atoms with Gasteiger partial charge in [-0.1, -0.05) is 11.6 Å². The van der Waals surface area contributed by atoms with Crippen molar-refractivity contribution < 1.29 is 28.1 Å². The third-order valence-corrected chi connectivity index (χ3v) is 2.35. The van der Waals surface area contributed by atoms with Crippen molar-refractivity contribution in [1.29, 1.82) is 0 Å². The molecule has 1 aromatic rings. The Morgan fingerprint density at radius 1 is 1.41 bits per heavy atom. The number of phenols is 1. The maximum atomic E-state index is 12.2. The summed E-state index contributed by atoms with van der Waals surface area (Å²) in [4.78, 5) is 0. The molecule has 1 rings (SSSR count). The maximum Gasteiger partial charge on any atom is 0.414 e. The SMILES string of the molecule is COc1cc(Cl)cc(CC(O)C(F)(F)F)c1O. The third kappa shape index (κ3) is 3.41. The molecule has 0 aliphatic heterocycles. The van der Waals surface area contributed by atoms with Crippen LogP contribution >= 0.6 is 11.6 Å². The van der Waals surface area contributed by atoms with E-state index in [1.165, 1.54) is 13.2 Å². The summed E-state index contributed by atoms with van der Waals surface area (Å²) in [6, 6.07) is 2.41. The monoisotopic (exact) mass is 270 g/mol. The zero-order valence-electron chi connectivity index (χ0n) is 8.75. The lowest BCUT2D eigenvalue weighted by molar-refractivity contribution is -0.203. The molecule has 3 nitrogen and oxygen atoms in total. The molecule has 2 N–H and O–H groups in total. The molecule has 7 heteroatoms. The Morgan fingerprint density at radius 2 is 2.00 bits per heavy atom. The Balaban J connectivity index is 3.03. The van der Waals surface area contributed by atoms with Gasteiger partial charge in [0.1, 0.15) is 0 Å². The van der Waals surface area contributed by atoms with E-state index >= 15 is 0 Å². The molecule has 0 aliphatic rings. The highest BCUT2D eigenvalue weighted by molar-refractivity contribution is 6.30. The second-order valence-electron chi connectivity index (χ2n) is 3.38. The summed E-state index contributed by atoms with van der Waals surface area (Å²) in [7, 11) is 1.25. The minimum absolute atomic E-state index is 0.0399. The molecule has 0 bridgehead atoms. The first kappa shape index (κ1) is 13.9. The second kappa shape index (κ2) is 5.01. The van der Waals surface area contributed by atoms with Crippen molar-refractivity contribution >= 4 is 11.6 Å². The van der Waals surface area contributed by atoms with Crippen LogP contribution in [0.1, 0.15) is 5.56 Å². The first-order chi connectivity index (χ1) is 7.75. The van der Waals surface area contributed by atoms with Gasteiger partial charge in [-0.25, -0.2) is 0 Å². The summed E-state index contributed by atoms with van der Waals surface area (Å²) in [5, 5.41) is 18.6. The zero-order valence-corrected chi connectivity index (χ0v) is 9.51. The van der Waals surface area contributed by atoms with Crippen LogP contribution in [0.5, 0.6) is 11.5 Å². The van der Waals surface area contributed by atoms with Gasteiger partial charge in [0.25, 0.3) is 0 Å². The van der Waals surface area contributed by atoms with Gasteiger partial charge >= 0.3 is 6.18 Å². The van der Waals surface area contributed by atoms with E-state index in [9.17, 15) is 18.3 Å². The van der Waals surface area contributed by atoms with Crippen LogP contribution in [0.25, 0.3) is 0 Å². The lowest BCUT2D eigenvalue weighted by Crippen LogP contribution is -2.30. The standard InChI is InChI=1S/C10H10ClF3O3/c1-17-7-4-6(11)2-5(9(7)16)3-8(15)10(12,13)14/h2,4,8,15-16H,3H2,1H3. The Kier molecular flexibility index (Phi) is 4.11. The topological polar surface area (TPSA) is 49.7 Å². The Hall–Kier alpha value is -1.14. The lowest BCUT2D eigenvalue weighted by Gasteiger charge is -2.16. The van der Waals surface area contributed by atoms with Crippen molar-refractivity contribution in [2.45, 2.75) is 18.7 Å². The smallest absolute Gasteiger partial charge is 0.414 e. The quantitative estimate of drug-likeness (QED) is 0.887. The van der Waals surface area contributed by atoms with Gasteiger partial charge in [0, 0.05) is 23.1 Å². The first-order valence-corrected chi connectivity index (χ1v) is 4.93. The van der Waals surface area contributed by atoms with Crippen molar-refractivity contribution in [1.82, 2.24) is 0 Å². The van der Waals surface area contributed by atoms with Crippen LogP contribution in [0, 0.1) is 0 Å². The van der Waals surface area contributed by atoms with Crippen LogP contribution in [-0.2, 0) is 6.42 Å². The summed E-state index contributed by atoms with van der Waals surface area (Å²) in [6.45, 7) is 0. The molecule has 0 aliphatic carbocycles. The summed E-state index contributed by atoms with van der Waals surface area (Å²) < 4.78 is 41.2. The number of hydrogen-bond acceptors (Lipinski definition) is 3. The predicted octanol–water partition coefficient (Wildman–Crippen LogP) is 2.52. The Labute approximate surface area is 100 Å². The van der Waals surface area contributed by atoms with Gasteiger partial charge in [0.15, 0.2) is 17.6 Å². The van der Waals surface area contributed by atoms with E-state index in [-0.39, 0.29) is 16.3 Å². The number of halogens is 4. The van der Waals surface area contributed by atoms with E-state index in [1.54, 1.807) is 0 Å². The molecule has 17 heavy (non-hydrogen) atoms. The van der Waals surface area contributed by atoms with Crippen LogP contribution in [0.4, 0.5) is 13.2 Å². The number of hydrogen-bond donors (Lipinski definition) is 2. The summed E-state index contributed by atoms with van der Waals surface area (Å²) in [5.74, 6) is -0.498. The maximum absolute atomic E-state index is 12.2. The molecule has 0 spiro atoms. The van der Waals surface area contributed by atoms with Gasteiger partial charge in [-0.15, -0.1) is 0 Å². The molecule has 0 radical (unpaired) electrons. The number of benzene rings is 1. The van der Waals surface area contributed by atoms with Gasteiger partial charge in [-0.05, 0) is 6.07 Å².